The number of nitrogens with one attached hydrogen (secondary N) is 2. The number of halogens is 2. The minimum atomic E-state index is -2.95. The van der Waals surface area contributed by atoms with Crippen LogP contribution in [0.25, 0.3) is 0 Å². The fourth-order valence-corrected chi connectivity index (χ4v) is 3.26. The van der Waals surface area contributed by atoms with Crippen LogP contribution in [0.5, 0.6) is 11.5 Å². The molecule has 1 aliphatic rings. The topological polar surface area (TPSA) is 91.7 Å². The first-order valence-electron chi connectivity index (χ1n) is 9.87. The van der Waals surface area contributed by atoms with Gasteiger partial charge in [0.25, 0.3) is 5.91 Å². The van der Waals surface area contributed by atoms with Crippen LogP contribution in [0.4, 0.5) is 8.78 Å². The molecule has 9 heteroatoms. The molecule has 168 valence electrons. The number of hydrogen-bond acceptors (Lipinski definition) is 6. The summed E-state index contributed by atoms with van der Waals surface area (Å²) >= 11 is 0. The van der Waals surface area contributed by atoms with Crippen LogP contribution in [0.3, 0.4) is 0 Å². The number of carbonyl (C=O) groups is 2. The van der Waals surface area contributed by atoms with Crippen LogP contribution in [0.1, 0.15) is 27.9 Å². The highest BCUT2D eigenvalue weighted by Crippen LogP contribution is 2.29. The fourth-order valence-electron chi connectivity index (χ4n) is 3.26. The normalized spacial score (nSPS) is 13.6. The van der Waals surface area contributed by atoms with E-state index in [2.05, 4.69) is 10.1 Å². The van der Waals surface area contributed by atoms with Crippen molar-refractivity contribution >= 4 is 17.9 Å². The van der Waals surface area contributed by atoms with Crippen molar-refractivity contribution < 1.29 is 27.8 Å². The van der Waals surface area contributed by atoms with Crippen LogP contribution in [-0.2, 0) is 17.9 Å². The van der Waals surface area contributed by atoms with Crippen molar-refractivity contribution in [2.45, 2.75) is 26.1 Å². The molecule has 1 heterocycles. The Kier molecular flexibility index (Phi) is 7.54. The molecule has 0 unspecified atom stereocenters. The number of benzene rings is 2. The number of ether oxygens (including phenoxy) is 2. The van der Waals surface area contributed by atoms with Crippen molar-refractivity contribution in [2.75, 3.05) is 13.7 Å². The molecule has 7 nitrogen and oxygen atoms in total. The van der Waals surface area contributed by atoms with Crippen molar-refractivity contribution in [3.8, 4) is 11.5 Å². The summed E-state index contributed by atoms with van der Waals surface area (Å²) < 4.78 is 34.3. The zero-order valence-corrected chi connectivity index (χ0v) is 17.4. The third-order valence-corrected chi connectivity index (χ3v) is 4.95. The zero-order valence-electron chi connectivity index (χ0n) is 17.4. The van der Waals surface area contributed by atoms with Gasteiger partial charge in [0.15, 0.2) is 17.8 Å². The maximum Gasteiger partial charge on any atom is 0.387 e. The third kappa shape index (κ3) is 5.90. The van der Waals surface area contributed by atoms with E-state index in [4.69, 9.17) is 10.1 Å². The lowest BCUT2D eigenvalue weighted by molar-refractivity contribution is -0.104. The molecule has 0 fully saturated rings. The molecule has 0 saturated heterocycles. The summed E-state index contributed by atoms with van der Waals surface area (Å²) in [6.07, 6.45) is 2.90. The number of nitrogens with zero attached hydrogens (tertiary/aromatic N) is 1. The number of allylic oxidation sites excluding steroid dienone is 1. The second-order valence-corrected chi connectivity index (χ2v) is 7.14. The van der Waals surface area contributed by atoms with Gasteiger partial charge in [-0.05, 0) is 35.4 Å². The van der Waals surface area contributed by atoms with Crippen LogP contribution in [0, 0.1) is 5.41 Å². The van der Waals surface area contributed by atoms with Gasteiger partial charge in [-0.3, -0.25) is 9.59 Å². The van der Waals surface area contributed by atoms with E-state index in [-0.39, 0.29) is 24.0 Å². The van der Waals surface area contributed by atoms with Crippen molar-refractivity contribution in [1.29, 1.82) is 5.41 Å². The van der Waals surface area contributed by atoms with E-state index in [1.54, 1.807) is 24.4 Å². The van der Waals surface area contributed by atoms with Gasteiger partial charge < -0.3 is 25.1 Å². The quantitative estimate of drug-likeness (QED) is 0.579. The molecule has 2 aromatic rings. The van der Waals surface area contributed by atoms with Crippen LogP contribution < -0.4 is 14.8 Å². The van der Waals surface area contributed by atoms with Gasteiger partial charge in [-0.2, -0.15) is 8.78 Å². The largest absolute Gasteiger partial charge is 0.493 e. The van der Waals surface area contributed by atoms with Crippen molar-refractivity contribution in [2.24, 2.45) is 0 Å². The first kappa shape index (κ1) is 22.9. The Morgan fingerprint density at radius 1 is 1.19 bits per heavy atom. The lowest BCUT2D eigenvalue weighted by Crippen LogP contribution is -2.27. The minimum absolute atomic E-state index is 0.0752. The highest BCUT2D eigenvalue weighted by atomic mass is 19.3. The SMILES string of the molecule is COc1cc(CNC(=O)c2ccc(CN3C=C(C=O)C(=N)CC3)cc2)ccc1OC(F)F. The summed E-state index contributed by atoms with van der Waals surface area (Å²) in [5.41, 5.74) is 2.84. The van der Waals surface area contributed by atoms with E-state index < -0.39 is 6.61 Å². The van der Waals surface area contributed by atoms with Gasteiger partial charge in [0.1, 0.15) is 0 Å². The molecule has 32 heavy (non-hydrogen) atoms. The lowest BCUT2D eigenvalue weighted by Gasteiger charge is -2.25. The Hall–Kier alpha value is -3.75. The Bertz CT molecular complexity index is 1020. The molecule has 1 aliphatic heterocycles. The summed E-state index contributed by atoms with van der Waals surface area (Å²) in [6.45, 7) is -1.54. The number of carbonyl (C=O) groups excluding carboxylic acids is 2. The molecule has 1 amide bonds. The summed E-state index contributed by atoms with van der Waals surface area (Å²) in [4.78, 5) is 25.4. The molecule has 0 aliphatic carbocycles. The van der Waals surface area contributed by atoms with Gasteiger partial charge in [0.05, 0.1) is 12.7 Å². The molecule has 0 atom stereocenters. The average Bonchev–Trinajstić information content (AvgIpc) is 2.79. The fraction of sp³-hybridized carbons (Fsp3) is 0.261. The molecule has 3 rings (SSSR count). The maximum atomic E-state index is 12.5. The Morgan fingerprint density at radius 3 is 2.56 bits per heavy atom. The first-order valence-corrected chi connectivity index (χ1v) is 9.87. The van der Waals surface area contributed by atoms with E-state index in [9.17, 15) is 18.4 Å². The van der Waals surface area contributed by atoms with Gasteiger partial charge in [0.2, 0.25) is 0 Å². The van der Waals surface area contributed by atoms with E-state index in [0.29, 0.717) is 48.2 Å². The molecule has 0 aromatic heterocycles. The van der Waals surface area contributed by atoms with Gasteiger partial charge in [-0.25, -0.2) is 0 Å². The molecule has 0 radical (unpaired) electrons. The lowest BCUT2D eigenvalue weighted by atomic mass is 10.1. The average molecular weight is 443 g/mol. The maximum absolute atomic E-state index is 12.5. The second-order valence-electron chi connectivity index (χ2n) is 7.14. The van der Waals surface area contributed by atoms with Gasteiger partial charge >= 0.3 is 6.61 Å². The molecule has 0 bridgehead atoms. The summed E-state index contributed by atoms with van der Waals surface area (Å²) in [5, 5.41) is 10.5. The van der Waals surface area contributed by atoms with Crippen molar-refractivity contribution in [1.82, 2.24) is 10.2 Å². The smallest absolute Gasteiger partial charge is 0.387 e. The van der Waals surface area contributed by atoms with E-state index in [0.717, 1.165) is 5.56 Å². The minimum Gasteiger partial charge on any atom is -0.493 e. The molecular formula is C23H23F2N3O4. The van der Waals surface area contributed by atoms with Crippen molar-refractivity contribution in [3.05, 3.63) is 70.9 Å². The van der Waals surface area contributed by atoms with E-state index in [1.165, 1.54) is 19.2 Å². The summed E-state index contributed by atoms with van der Waals surface area (Å²) in [5.74, 6) is -0.201. The van der Waals surface area contributed by atoms with Gasteiger partial charge in [0, 0.05) is 43.5 Å². The second kappa shape index (κ2) is 10.5. The molecule has 0 saturated carbocycles. The predicted molar refractivity (Wildman–Crippen MR) is 114 cm³/mol. The van der Waals surface area contributed by atoms with Gasteiger partial charge in [-0.15, -0.1) is 0 Å². The Labute approximate surface area is 184 Å². The monoisotopic (exact) mass is 443 g/mol. The first-order chi connectivity index (χ1) is 15.4. The molecule has 2 aromatic carbocycles. The summed E-state index contributed by atoms with van der Waals surface area (Å²) in [6, 6.07) is 11.6. The molecule has 0 spiro atoms. The van der Waals surface area contributed by atoms with Crippen LogP contribution >= 0.6 is 0 Å². The Morgan fingerprint density at radius 2 is 1.91 bits per heavy atom. The molecular weight excluding hydrogens is 420 g/mol. The number of amides is 1. The Balaban J connectivity index is 1.58. The van der Waals surface area contributed by atoms with E-state index in [1.807, 2.05) is 17.0 Å². The van der Waals surface area contributed by atoms with Crippen LogP contribution in [0.15, 0.2) is 54.2 Å². The van der Waals surface area contributed by atoms with E-state index >= 15 is 0 Å². The predicted octanol–water partition coefficient (Wildman–Crippen LogP) is 3.53. The van der Waals surface area contributed by atoms with Crippen molar-refractivity contribution in [3.63, 3.8) is 0 Å². The number of hydrogen-bond donors (Lipinski definition) is 2. The third-order valence-electron chi connectivity index (χ3n) is 4.95. The van der Waals surface area contributed by atoms with Gasteiger partial charge in [-0.1, -0.05) is 18.2 Å². The van der Waals surface area contributed by atoms with Crippen LogP contribution in [0.2, 0.25) is 0 Å². The number of alkyl halides is 2. The zero-order chi connectivity index (χ0) is 23.1. The number of methoxy groups -OCH3 is 1. The highest BCUT2D eigenvalue weighted by Gasteiger charge is 2.15. The standard InChI is InChI=1S/C23H23F2N3O4/c1-31-21-10-16(4-7-20(21)32-23(24)25)11-27-22(30)17-5-2-15(3-6-17)12-28-9-8-19(26)18(13-28)14-29/h2-7,10,13-14,23,26H,8-9,11-12H2,1H3,(H,27,30). The number of aldehydes is 1. The highest BCUT2D eigenvalue weighted by molar-refractivity contribution is 6.13. The van der Waals surface area contributed by atoms with Crippen LogP contribution in [-0.4, -0.2) is 43.1 Å². The number of rotatable bonds is 9. The molecule has 2 N–H and O–H groups in total. The summed E-state index contributed by atoms with van der Waals surface area (Å²) in [7, 11) is 1.35.